The first-order valence-electron chi connectivity index (χ1n) is 7.52. The lowest BCUT2D eigenvalue weighted by atomic mass is 9.87. The highest BCUT2D eigenvalue weighted by Crippen LogP contribution is 2.33. The first kappa shape index (κ1) is 15.0. The Kier molecular flexibility index (Phi) is 4.39. The van der Waals surface area contributed by atoms with Crippen LogP contribution in [0.1, 0.15) is 30.0 Å². The molecule has 1 aliphatic rings. The molecule has 0 radical (unpaired) electrons. The van der Waals surface area contributed by atoms with E-state index >= 15 is 0 Å². The highest BCUT2D eigenvalue weighted by molar-refractivity contribution is 7.80. The van der Waals surface area contributed by atoms with Crippen molar-refractivity contribution in [3.63, 3.8) is 0 Å². The zero-order valence-electron chi connectivity index (χ0n) is 12.6. The van der Waals surface area contributed by atoms with Gasteiger partial charge in [0.15, 0.2) is 5.11 Å². The highest BCUT2D eigenvalue weighted by Gasteiger charge is 2.24. The third-order valence-corrected chi connectivity index (χ3v) is 4.61. The van der Waals surface area contributed by atoms with Gasteiger partial charge in [0.25, 0.3) is 0 Å². The summed E-state index contributed by atoms with van der Waals surface area (Å²) in [6, 6.07) is 15.1. The Balaban J connectivity index is 1.75. The number of anilines is 1. The van der Waals surface area contributed by atoms with E-state index in [9.17, 15) is 4.39 Å². The third-order valence-electron chi connectivity index (χ3n) is 4.22. The number of nitrogens with zero attached hydrogens (tertiary/aromatic N) is 1. The molecular weight excluding hydrogens is 295 g/mol. The molecule has 0 fully saturated rings. The maximum absolute atomic E-state index is 13.0. The topological polar surface area (TPSA) is 15.3 Å². The minimum absolute atomic E-state index is 0.244. The van der Waals surface area contributed by atoms with Gasteiger partial charge < -0.3 is 10.2 Å². The molecule has 1 atom stereocenters. The van der Waals surface area contributed by atoms with E-state index in [1.807, 2.05) is 7.05 Å². The predicted octanol–water partition coefficient (Wildman–Crippen LogP) is 4.53. The van der Waals surface area contributed by atoms with E-state index in [4.69, 9.17) is 12.2 Å². The first-order chi connectivity index (χ1) is 10.6. The van der Waals surface area contributed by atoms with Crippen molar-refractivity contribution >= 4 is 23.0 Å². The quantitative estimate of drug-likeness (QED) is 0.820. The molecule has 2 nitrogen and oxygen atoms in total. The van der Waals surface area contributed by atoms with Crippen LogP contribution in [0.5, 0.6) is 0 Å². The Hall–Kier alpha value is -1.94. The Labute approximate surface area is 136 Å². The van der Waals surface area contributed by atoms with E-state index in [0.29, 0.717) is 11.2 Å². The molecule has 0 aliphatic heterocycles. The van der Waals surface area contributed by atoms with Crippen molar-refractivity contribution in [3.05, 3.63) is 65.5 Å². The van der Waals surface area contributed by atoms with E-state index in [1.165, 1.54) is 29.7 Å². The van der Waals surface area contributed by atoms with Gasteiger partial charge in [-0.15, -0.1) is 0 Å². The van der Waals surface area contributed by atoms with Gasteiger partial charge in [0.05, 0.1) is 6.04 Å². The number of thiocarbonyl (C=S) groups is 1. The van der Waals surface area contributed by atoms with Crippen molar-refractivity contribution in [1.82, 2.24) is 4.90 Å². The normalized spacial score (nSPS) is 16.7. The van der Waals surface area contributed by atoms with Crippen molar-refractivity contribution in [2.45, 2.75) is 25.3 Å². The molecule has 22 heavy (non-hydrogen) atoms. The van der Waals surface area contributed by atoms with Crippen LogP contribution in [0.2, 0.25) is 0 Å². The number of benzene rings is 2. The summed E-state index contributed by atoms with van der Waals surface area (Å²) in [6.45, 7) is 0. The van der Waals surface area contributed by atoms with E-state index in [0.717, 1.165) is 18.5 Å². The van der Waals surface area contributed by atoms with Gasteiger partial charge >= 0.3 is 0 Å². The summed E-state index contributed by atoms with van der Waals surface area (Å²) in [7, 11) is 2.02. The second-order valence-electron chi connectivity index (χ2n) is 5.65. The fourth-order valence-electron chi connectivity index (χ4n) is 3.02. The van der Waals surface area contributed by atoms with Crippen molar-refractivity contribution < 1.29 is 4.39 Å². The Morgan fingerprint density at radius 1 is 1.18 bits per heavy atom. The van der Waals surface area contributed by atoms with Crippen LogP contribution in [0.15, 0.2) is 48.5 Å². The molecule has 0 bridgehead atoms. The molecule has 0 heterocycles. The number of aryl methyl sites for hydroxylation is 1. The van der Waals surface area contributed by atoms with Gasteiger partial charge in [0.2, 0.25) is 0 Å². The van der Waals surface area contributed by atoms with Crippen molar-refractivity contribution in [2.75, 3.05) is 12.4 Å². The van der Waals surface area contributed by atoms with Gasteiger partial charge in [-0.05, 0) is 66.9 Å². The lowest BCUT2D eigenvalue weighted by molar-refractivity contribution is 0.336. The number of nitrogens with one attached hydrogen (secondary N) is 1. The van der Waals surface area contributed by atoms with Crippen molar-refractivity contribution in [2.24, 2.45) is 0 Å². The van der Waals surface area contributed by atoms with Gasteiger partial charge in [-0.2, -0.15) is 0 Å². The molecule has 0 saturated heterocycles. The minimum Gasteiger partial charge on any atom is -0.345 e. The van der Waals surface area contributed by atoms with Crippen LogP contribution in [0.3, 0.4) is 0 Å². The van der Waals surface area contributed by atoms with Crippen LogP contribution in [-0.2, 0) is 6.42 Å². The largest absolute Gasteiger partial charge is 0.345 e. The summed E-state index contributed by atoms with van der Waals surface area (Å²) in [5.41, 5.74) is 3.58. The van der Waals surface area contributed by atoms with Gasteiger partial charge in [-0.25, -0.2) is 4.39 Å². The van der Waals surface area contributed by atoms with E-state index in [2.05, 4.69) is 34.5 Å². The molecule has 2 aromatic rings. The minimum atomic E-state index is -0.244. The second kappa shape index (κ2) is 6.44. The van der Waals surface area contributed by atoms with Crippen LogP contribution in [0, 0.1) is 5.82 Å². The molecule has 0 amide bonds. The molecule has 1 N–H and O–H groups in total. The number of hydrogen-bond donors (Lipinski definition) is 1. The number of halogens is 1. The molecule has 0 spiro atoms. The highest BCUT2D eigenvalue weighted by atomic mass is 32.1. The lowest BCUT2D eigenvalue weighted by Crippen LogP contribution is -2.36. The molecule has 0 aromatic heterocycles. The number of hydrogen-bond acceptors (Lipinski definition) is 1. The van der Waals surface area contributed by atoms with E-state index in [1.54, 1.807) is 12.1 Å². The molecule has 2 aromatic carbocycles. The van der Waals surface area contributed by atoms with Crippen LogP contribution in [-0.4, -0.2) is 17.1 Å². The van der Waals surface area contributed by atoms with Crippen LogP contribution < -0.4 is 5.32 Å². The predicted molar refractivity (Wildman–Crippen MR) is 92.5 cm³/mol. The molecule has 114 valence electrons. The summed E-state index contributed by atoms with van der Waals surface area (Å²) < 4.78 is 13.0. The Morgan fingerprint density at radius 2 is 1.91 bits per heavy atom. The summed E-state index contributed by atoms with van der Waals surface area (Å²) in [5, 5.41) is 3.85. The van der Waals surface area contributed by atoms with Gasteiger partial charge in [-0.1, -0.05) is 24.3 Å². The molecule has 1 aliphatic carbocycles. The molecule has 3 rings (SSSR count). The van der Waals surface area contributed by atoms with Gasteiger partial charge in [0, 0.05) is 12.7 Å². The zero-order chi connectivity index (χ0) is 15.5. The van der Waals surface area contributed by atoms with E-state index in [-0.39, 0.29) is 5.82 Å². The summed E-state index contributed by atoms with van der Waals surface area (Å²) in [4.78, 5) is 2.11. The summed E-state index contributed by atoms with van der Waals surface area (Å²) in [6.07, 6.45) is 3.41. The SMILES string of the molecule is CN(C(=S)Nc1ccc(F)cc1)[C@H]1CCCc2ccccc21. The fourth-order valence-corrected chi connectivity index (χ4v) is 3.26. The Morgan fingerprint density at radius 3 is 2.68 bits per heavy atom. The van der Waals surface area contributed by atoms with Gasteiger partial charge in [0.1, 0.15) is 5.82 Å². The smallest absolute Gasteiger partial charge is 0.173 e. The fraction of sp³-hybridized carbons (Fsp3) is 0.278. The lowest BCUT2D eigenvalue weighted by Gasteiger charge is -2.35. The third kappa shape index (κ3) is 3.12. The standard InChI is InChI=1S/C18H19FN2S/c1-21(18(22)20-15-11-9-14(19)10-12-15)17-8-4-6-13-5-2-3-7-16(13)17/h2-3,5,7,9-12,17H,4,6,8H2,1H3,(H,20,22)/t17-/m0/s1. The maximum Gasteiger partial charge on any atom is 0.173 e. The Bertz CT molecular complexity index is 669. The van der Waals surface area contributed by atoms with Crippen molar-refractivity contribution in [1.29, 1.82) is 0 Å². The molecule has 4 heteroatoms. The van der Waals surface area contributed by atoms with Crippen LogP contribution >= 0.6 is 12.2 Å². The molecule has 0 unspecified atom stereocenters. The van der Waals surface area contributed by atoms with Gasteiger partial charge in [-0.3, -0.25) is 0 Å². The summed E-state index contributed by atoms with van der Waals surface area (Å²) >= 11 is 5.52. The monoisotopic (exact) mass is 314 g/mol. The van der Waals surface area contributed by atoms with E-state index < -0.39 is 0 Å². The average Bonchev–Trinajstić information content (AvgIpc) is 2.55. The molecule has 0 saturated carbocycles. The molecular formula is C18H19FN2S. The average molecular weight is 314 g/mol. The maximum atomic E-state index is 13.0. The number of rotatable bonds is 2. The van der Waals surface area contributed by atoms with Crippen molar-refractivity contribution in [3.8, 4) is 0 Å². The number of fused-ring (bicyclic) bond motifs is 1. The summed E-state index contributed by atoms with van der Waals surface area (Å²) in [5.74, 6) is -0.244. The zero-order valence-corrected chi connectivity index (χ0v) is 13.4. The first-order valence-corrected chi connectivity index (χ1v) is 7.93. The van der Waals surface area contributed by atoms with Crippen LogP contribution in [0.25, 0.3) is 0 Å². The van der Waals surface area contributed by atoms with Crippen LogP contribution in [0.4, 0.5) is 10.1 Å². The second-order valence-corrected chi connectivity index (χ2v) is 6.04.